The average Bonchev–Trinajstić information content (AvgIpc) is 2.74. The van der Waals surface area contributed by atoms with E-state index in [4.69, 9.17) is 5.11 Å². The van der Waals surface area contributed by atoms with Crippen molar-refractivity contribution < 1.29 is 10.2 Å². The number of para-hydroxylation sites is 1. The van der Waals surface area contributed by atoms with Crippen LogP contribution < -0.4 is 5.32 Å². The smallest absolute Gasteiger partial charge is 0.0972 e. The highest BCUT2D eigenvalue weighted by molar-refractivity contribution is 5.40. The molecular formula is C17H24N2O2. The number of nitrogens with one attached hydrogen (secondary N) is 1. The van der Waals surface area contributed by atoms with Crippen molar-refractivity contribution in [3.05, 3.63) is 53.3 Å². The molecule has 0 spiro atoms. The van der Waals surface area contributed by atoms with Gasteiger partial charge in [-0.1, -0.05) is 18.2 Å². The Morgan fingerprint density at radius 3 is 2.48 bits per heavy atom. The van der Waals surface area contributed by atoms with Crippen LogP contribution in [0.4, 0.5) is 0 Å². The summed E-state index contributed by atoms with van der Waals surface area (Å²) in [6.07, 6.45) is 0. The van der Waals surface area contributed by atoms with Crippen LogP contribution in [0.15, 0.2) is 36.4 Å². The summed E-state index contributed by atoms with van der Waals surface area (Å²) in [6.45, 7) is 6.59. The summed E-state index contributed by atoms with van der Waals surface area (Å²) in [6, 6.07) is 12.4. The fourth-order valence-corrected chi connectivity index (χ4v) is 2.50. The van der Waals surface area contributed by atoms with E-state index in [1.165, 1.54) is 17.0 Å². The molecule has 0 radical (unpaired) electrons. The van der Waals surface area contributed by atoms with E-state index in [0.717, 1.165) is 5.69 Å². The fraction of sp³-hybridized carbons (Fsp3) is 0.412. The monoisotopic (exact) mass is 288 g/mol. The molecule has 3 N–H and O–H groups in total. The number of aryl methyl sites for hydroxylation is 1. The van der Waals surface area contributed by atoms with E-state index in [0.29, 0.717) is 13.1 Å². The molecule has 0 saturated heterocycles. The van der Waals surface area contributed by atoms with Gasteiger partial charge in [0.2, 0.25) is 0 Å². The molecule has 4 nitrogen and oxygen atoms in total. The summed E-state index contributed by atoms with van der Waals surface area (Å²) in [7, 11) is 0. The van der Waals surface area contributed by atoms with Crippen LogP contribution >= 0.6 is 0 Å². The number of rotatable bonds is 6. The number of aliphatic hydroxyl groups excluding tert-OH is 1. The molecule has 0 saturated carbocycles. The number of hydrogen-bond acceptors (Lipinski definition) is 3. The van der Waals surface area contributed by atoms with Crippen molar-refractivity contribution in [2.24, 2.45) is 0 Å². The minimum Gasteiger partial charge on any atom is -0.393 e. The van der Waals surface area contributed by atoms with Crippen LogP contribution in [0.1, 0.15) is 23.9 Å². The van der Waals surface area contributed by atoms with Gasteiger partial charge < -0.3 is 20.1 Å². The topological polar surface area (TPSA) is 57.4 Å². The summed E-state index contributed by atoms with van der Waals surface area (Å²) in [5.41, 5.74) is 3.65. The Morgan fingerprint density at radius 1 is 1.19 bits per heavy atom. The Morgan fingerprint density at radius 2 is 1.86 bits per heavy atom. The predicted octanol–water partition coefficient (Wildman–Crippen LogP) is 1.93. The maximum Gasteiger partial charge on any atom is 0.0972 e. The third-order valence-electron chi connectivity index (χ3n) is 3.71. The molecule has 1 aromatic carbocycles. The first-order valence-corrected chi connectivity index (χ1v) is 7.22. The van der Waals surface area contributed by atoms with Gasteiger partial charge in [0.1, 0.15) is 0 Å². The van der Waals surface area contributed by atoms with Crippen molar-refractivity contribution in [3.8, 4) is 5.69 Å². The second-order valence-corrected chi connectivity index (χ2v) is 5.83. The molecule has 0 bridgehead atoms. The maximum atomic E-state index is 9.79. The number of nitrogens with zero attached hydrogens (tertiary/aromatic N) is 1. The second kappa shape index (κ2) is 6.43. The summed E-state index contributed by atoms with van der Waals surface area (Å²) in [5.74, 6) is 0. The Hall–Kier alpha value is -1.62. The molecule has 1 aromatic heterocycles. The minimum atomic E-state index is -1.08. The predicted molar refractivity (Wildman–Crippen MR) is 84.7 cm³/mol. The quantitative estimate of drug-likeness (QED) is 0.761. The van der Waals surface area contributed by atoms with E-state index in [-0.39, 0.29) is 6.61 Å². The van der Waals surface area contributed by atoms with Crippen LogP contribution in [-0.2, 0) is 6.54 Å². The van der Waals surface area contributed by atoms with E-state index in [1.54, 1.807) is 6.92 Å². The first-order chi connectivity index (χ1) is 9.94. The minimum absolute atomic E-state index is 0.247. The Bertz CT molecular complexity index is 588. The molecule has 21 heavy (non-hydrogen) atoms. The summed E-state index contributed by atoms with van der Waals surface area (Å²) in [4.78, 5) is 0. The SMILES string of the molecule is Cc1cc(CNCC(C)(O)CO)c(C)n1-c1ccccc1. The molecule has 2 aromatic rings. The molecule has 1 atom stereocenters. The summed E-state index contributed by atoms with van der Waals surface area (Å²) < 4.78 is 2.22. The fourth-order valence-electron chi connectivity index (χ4n) is 2.50. The van der Waals surface area contributed by atoms with Gasteiger partial charge in [0.15, 0.2) is 0 Å². The molecule has 0 aliphatic rings. The summed E-state index contributed by atoms with van der Waals surface area (Å²) in [5, 5.41) is 22.0. The van der Waals surface area contributed by atoms with Crippen molar-refractivity contribution in [2.45, 2.75) is 32.9 Å². The molecule has 0 aliphatic heterocycles. The van der Waals surface area contributed by atoms with Gasteiger partial charge in [-0.05, 0) is 44.5 Å². The molecule has 0 aliphatic carbocycles. The van der Waals surface area contributed by atoms with Gasteiger partial charge in [0.05, 0.1) is 12.2 Å². The van der Waals surface area contributed by atoms with Gasteiger partial charge in [0, 0.05) is 30.2 Å². The largest absolute Gasteiger partial charge is 0.393 e. The van der Waals surface area contributed by atoms with Crippen LogP contribution in [0, 0.1) is 13.8 Å². The molecule has 1 unspecified atom stereocenters. The average molecular weight is 288 g/mol. The van der Waals surface area contributed by atoms with E-state index >= 15 is 0 Å². The lowest BCUT2D eigenvalue weighted by molar-refractivity contribution is 0.00253. The number of benzene rings is 1. The lowest BCUT2D eigenvalue weighted by Gasteiger charge is -2.20. The van der Waals surface area contributed by atoms with Gasteiger partial charge in [-0.2, -0.15) is 0 Å². The zero-order chi connectivity index (χ0) is 15.5. The van der Waals surface area contributed by atoms with Crippen molar-refractivity contribution in [1.29, 1.82) is 0 Å². The van der Waals surface area contributed by atoms with Crippen molar-refractivity contribution >= 4 is 0 Å². The van der Waals surface area contributed by atoms with Gasteiger partial charge >= 0.3 is 0 Å². The second-order valence-electron chi connectivity index (χ2n) is 5.83. The number of aromatic nitrogens is 1. The van der Waals surface area contributed by atoms with Gasteiger partial charge in [-0.15, -0.1) is 0 Å². The zero-order valence-electron chi connectivity index (χ0n) is 12.9. The Labute approximate surface area is 126 Å². The maximum absolute atomic E-state index is 9.79. The molecule has 2 rings (SSSR count). The normalized spacial score (nSPS) is 14.1. The molecule has 0 amide bonds. The van der Waals surface area contributed by atoms with Crippen LogP contribution in [0.3, 0.4) is 0 Å². The van der Waals surface area contributed by atoms with Gasteiger partial charge in [-0.3, -0.25) is 0 Å². The lowest BCUT2D eigenvalue weighted by atomic mass is 10.1. The van der Waals surface area contributed by atoms with Crippen molar-refractivity contribution in [1.82, 2.24) is 9.88 Å². The van der Waals surface area contributed by atoms with Gasteiger partial charge in [-0.25, -0.2) is 0 Å². The molecule has 4 heteroatoms. The zero-order valence-corrected chi connectivity index (χ0v) is 12.9. The van der Waals surface area contributed by atoms with Crippen molar-refractivity contribution in [2.75, 3.05) is 13.2 Å². The third-order valence-corrected chi connectivity index (χ3v) is 3.71. The highest BCUT2D eigenvalue weighted by Gasteiger charge is 2.18. The van der Waals surface area contributed by atoms with E-state index < -0.39 is 5.60 Å². The van der Waals surface area contributed by atoms with Crippen LogP contribution in [-0.4, -0.2) is 33.5 Å². The van der Waals surface area contributed by atoms with Gasteiger partial charge in [0.25, 0.3) is 0 Å². The molecular weight excluding hydrogens is 264 g/mol. The van der Waals surface area contributed by atoms with E-state index in [1.807, 2.05) is 18.2 Å². The third kappa shape index (κ3) is 3.73. The highest BCUT2D eigenvalue weighted by atomic mass is 16.3. The molecule has 114 valence electrons. The Balaban J connectivity index is 2.13. The molecule has 1 heterocycles. The Kier molecular flexibility index (Phi) is 4.83. The van der Waals surface area contributed by atoms with Crippen LogP contribution in [0.2, 0.25) is 0 Å². The van der Waals surface area contributed by atoms with E-state index in [2.05, 4.69) is 41.9 Å². The van der Waals surface area contributed by atoms with Crippen molar-refractivity contribution in [3.63, 3.8) is 0 Å². The number of hydrogen-bond donors (Lipinski definition) is 3. The number of aliphatic hydroxyl groups is 2. The standard InChI is InChI=1S/C17H24N2O2/c1-13-9-15(10-18-11-17(3,21)12-20)14(2)19(13)16-7-5-4-6-8-16/h4-9,18,20-21H,10-12H2,1-3H3. The lowest BCUT2D eigenvalue weighted by Crippen LogP contribution is -2.40. The highest BCUT2D eigenvalue weighted by Crippen LogP contribution is 2.20. The van der Waals surface area contributed by atoms with Crippen LogP contribution in [0.5, 0.6) is 0 Å². The molecule has 0 fully saturated rings. The first kappa shape index (κ1) is 15.8. The first-order valence-electron chi connectivity index (χ1n) is 7.22. The van der Waals surface area contributed by atoms with E-state index in [9.17, 15) is 5.11 Å². The summed E-state index contributed by atoms with van der Waals surface area (Å²) >= 11 is 0. The van der Waals surface area contributed by atoms with Crippen LogP contribution in [0.25, 0.3) is 5.69 Å².